The van der Waals surface area contributed by atoms with Crippen LogP contribution in [-0.2, 0) is 28.4 Å². The minimum Gasteiger partial charge on any atom is -0.341 e. The van der Waals surface area contributed by atoms with E-state index in [4.69, 9.17) is 41.6 Å². The summed E-state index contributed by atoms with van der Waals surface area (Å²) in [5.74, 6) is -2.01. The molecule has 4 aromatic heterocycles. The highest BCUT2D eigenvalue weighted by molar-refractivity contribution is 9.10. The zero-order chi connectivity index (χ0) is 36.0. The van der Waals surface area contributed by atoms with E-state index in [1.54, 1.807) is 25.3 Å². The van der Waals surface area contributed by atoms with Crippen LogP contribution >= 0.6 is 15.9 Å². The minimum absolute atomic E-state index is 0.299. The van der Waals surface area contributed by atoms with E-state index in [-0.39, 0.29) is 6.10 Å². The van der Waals surface area contributed by atoms with Gasteiger partial charge in [-0.3, -0.25) is 19.2 Å². The maximum absolute atomic E-state index is 14.5. The van der Waals surface area contributed by atoms with Gasteiger partial charge in [0.1, 0.15) is 48.1 Å². The van der Waals surface area contributed by atoms with Crippen molar-refractivity contribution in [1.82, 2.24) is 29.2 Å². The van der Waals surface area contributed by atoms with Gasteiger partial charge in [-0.05, 0) is 63.5 Å². The van der Waals surface area contributed by atoms with Crippen LogP contribution in [0.3, 0.4) is 0 Å². The van der Waals surface area contributed by atoms with E-state index in [0.29, 0.717) is 29.7 Å². The van der Waals surface area contributed by atoms with Crippen molar-refractivity contribution in [2.75, 3.05) is 0 Å². The molecule has 0 N–H and O–H groups in total. The van der Waals surface area contributed by atoms with Crippen LogP contribution in [0.1, 0.15) is 89.4 Å². The van der Waals surface area contributed by atoms with Crippen LogP contribution in [0.4, 0.5) is 4.39 Å². The molecule has 14 nitrogen and oxygen atoms in total. The molecule has 0 radical (unpaired) electrons. The Balaban J connectivity index is 0.000000157. The van der Waals surface area contributed by atoms with Crippen molar-refractivity contribution < 1.29 is 32.8 Å². The average molecular weight is 754 g/mol. The van der Waals surface area contributed by atoms with Gasteiger partial charge in [0.05, 0.1) is 35.6 Å². The fraction of sp³-hybridized carbons (Fsp3) is 0.588. The first kappa shape index (κ1) is 34.8. The molecule has 0 spiro atoms. The smallest absolute Gasteiger partial charge is 0.341 e. The van der Waals surface area contributed by atoms with Crippen LogP contribution in [-0.4, -0.2) is 76.6 Å². The van der Waals surface area contributed by atoms with Crippen molar-refractivity contribution in [2.24, 2.45) is 0 Å². The first-order chi connectivity index (χ1) is 23.6. The van der Waals surface area contributed by atoms with E-state index >= 15 is 0 Å². The van der Waals surface area contributed by atoms with Crippen LogP contribution in [0.2, 0.25) is 0 Å². The molecule has 0 aliphatic carbocycles. The molecule has 4 fully saturated rings. The van der Waals surface area contributed by atoms with Gasteiger partial charge < -0.3 is 18.9 Å². The summed E-state index contributed by atoms with van der Waals surface area (Å²) in [5, 5.41) is 8.55. The van der Waals surface area contributed by atoms with Crippen molar-refractivity contribution in [3.05, 3.63) is 80.7 Å². The molecule has 8 atom stereocenters. The van der Waals surface area contributed by atoms with E-state index < -0.39 is 59.4 Å². The third kappa shape index (κ3) is 5.23. The summed E-state index contributed by atoms with van der Waals surface area (Å²) >= 11 is 3.58. The van der Waals surface area contributed by atoms with E-state index in [0.717, 1.165) is 21.4 Å². The maximum atomic E-state index is 14.5. The highest BCUT2D eigenvalue weighted by Crippen LogP contribution is 2.53. The van der Waals surface area contributed by atoms with Crippen molar-refractivity contribution in [1.29, 1.82) is 0 Å². The molecule has 8 heterocycles. The Morgan fingerprint density at radius 1 is 0.740 bits per heavy atom. The lowest BCUT2D eigenvalue weighted by molar-refractivity contribution is -0.202. The van der Waals surface area contributed by atoms with Gasteiger partial charge in [-0.15, -0.1) is 0 Å². The normalized spacial score (nSPS) is 33.5. The first-order valence-electron chi connectivity index (χ1n) is 16.4. The second kappa shape index (κ2) is 12.0. The summed E-state index contributed by atoms with van der Waals surface area (Å²) in [5.41, 5.74) is 1.67. The van der Waals surface area contributed by atoms with Gasteiger partial charge in [0, 0.05) is 10.5 Å². The number of fused-ring (bicyclic) bond motifs is 4. The highest BCUT2D eigenvalue weighted by Gasteiger charge is 2.69. The second-order valence-electron chi connectivity index (χ2n) is 13.8. The van der Waals surface area contributed by atoms with Gasteiger partial charge in [-0.25, -0.2) is 36.5 Å². The predicted octanol–water partition coefficient (Wildman–Crippen LogP) is 6.21. The minimum atomic E-state index is -1.16. The zero-order valence-corrected chi connectivity index (χ0v) is 30.6. The number of hydrogen-bond donors (Lipinski definition) is 0. The van der Waals surface area contributed by atoms with Crippen molar-refractivity contribution in [3.8, 4) is 0 Å². The number of halogens is 2. The van der Waals surface area contributed by atoms with E-state index in [2.05, 4.69) is 45.8 Å². The second-order valence-corrected chi connectivity index (χ2v) is 14.6. The lowest BCUT2D eigenvalue weighted by Gasteiger charge is -2.25. The zero-order valence-electron chi connectivity index (χ0n) is 29.0. The third-order valence-corrected chi connectivity index (χ3v) is 10.4. The number of ether oxygens (including phenoxy) is 6. The van der Waals surface area contributed by atoms with Crippen molar-refractivity contribution in [2.45, 2.75) is 128 Å². The van der Waals surface area contributed by atoms with Gasteiger partial charge in [-0.2, -0.15) is 10.2 Å². The summed E-state index contributed by atoms with van der Waals surface area (Å²) in [6.45, 7) is 30.1. The molecule has 4 saturated heterocycles. The first-order valence-corrected chi connectivity index (χ1v) is 17.2. The molecular weight excluding hydrogens is 715 g/mol. The largest absolute Gasteiger partial charge is 0.366 e. The molecule has 8 rings (SSSR count). The number of rotatable bonds is 4. The molecule has 4 aliphatic rings. The fourth-order valence-electron chi connectivity index (χ4n) is 7.53. The average Bonchev–Trinajstić information content (AvgIpc) is 3.88. The molecule has 264 valence electrons. The Morgan fingerprint density at radius 3 is 1.64 bits per heavy atom. The molecule has 4 aromatic rings. The summed E-state index contributed by atoms with van der Waals surface area (Å²) in [6, 6.07) is 3.34. The van der Waals surface area contributed by atoms with E-state index in [1.807, 2.05) is 40.7 Å². The van der Waals surface area contributed by atoms with Gasteiger partial charge in [0.25, 0.3) is 0 Å². The van der Waals surface area contributed by atoms with Crippen molar-refractivity contribution in [3.63, 3.8) is 0 Å². The van der Waals surface area contributed by atoms with Gasteiger partial charge in [0.15, 0.2) is 29.6 Å². The van der Waals surface area contributed by atoms with Gasteiger partial charge in [0.2, 0.25) is 0 Å². The molecule has 0 bridgehead atoms. The van der Waals surface area contributed by atoms with Crippen LogP contribution < -0.4 is 0 Å². The molecule has 0 aromatic carbocycles. The molecular formula is C34H38BrFN8O6. The Labute approximate surface area is 296 Å². The molecule has 0 amide bonds. The molecule has 0 saturated carbocycles. The van der Waals surface area contributed by atoms with E-state index in [1.165, 1.54) is 23.2 Å². The number of aryl methyl sites for hydroxylation is 2. The quantitative estimate of drug-likeness (QED) is 0.222. The topological polar surface area (TPSA) is 124 Å². The Kier molecular flexibility index (Phi) is 8.35. The van der Waals surface area contributed by atoms with Crippen LogP contribution in [0.5, 0.6) is 0 Å². The lowest BCUT2D eigenvalue weighted by atomic mass is 10.00. The Hall–Kier alpha value is -3.61. The summed E-state index contributed by atoms with van der Waals surface area (Å²) in [4.78, 5) is 15.8. The summed E-state index contributed by atoms with van der Waals surface area (Å²) in [7, 11) is 0. The number of nitrogens with zero attached hydrogens (tertiary/aromatic N) is 8. The van der Waals surface area contributed by atoms with Gasteiger partial charge >= 0.3 is 11.4 Å². The van der Waals surface area contributed by atoms with Crippen LogP contribution in [0, 0.1) is 32.8 Å². The van der Waals surface area contributed by atoms with Crippen molar-refractivity contribution >= 4 is 27.0 Å². The monoisotopic (exact) mass is 752 g/mol. The molecule has 50 heavy (non-hydrogen) atoms. The Morgan fingerprint density at radius 2 is 1.18 bits per heavy atom. The predicted molar refractivity (Wildman–Crippen MR) is 178 cm³/mol. The molecule has 0 unspecified atom stereocenters. The van der Waals surface area contributed by atoms with Gasteiger partial charge in [-0.1, -0.05) is 13.8 Å². The SMILES string of the molecule is [C-]#[N+][C@]1(CC)O[C@@H](c2cc(Br)c3c(C)ncnn23)[C@@H]2OC(C)(C)O[C@@H]21.[C-]#[N+][C@]1(CC)O[C@@H](c2cc(F)c3c(C)ncnn23)[C@@H]2OC(C)(C)O[C@@H]21. The van der Waals surface area contributed by atoms with Crippen LogP contribution in [0.25, 0.3) is 20.7 Å². The number of hydrogen-bond acceptors (Lipinski definition) is 10. The third-order valence-electron chi connectivity index (χ3n) is 9.82. The summed E-state index contributed by atoms with van der Waals surface area (Å²) in [6.07, 6.45) is 0.855. The van der Waals surface area contributed by atoms with E-state index in [9.17, 15) is 4.39 Å². The molecule has 16 heteroatoms. The standard InChI is InChI=1S/C17H19BrN4O3.C17H19FN4O3/c2*1-6-17(19-5)15-14(23-16(3,4)25-15)13(24-17)11-7-10(18)12-9(2)20-8-21-22(11)12/h2*7-8,13-15H,6H2,1-4H3/t2*13-,14-,15-,17+/m00/s1. The fourth-order valence-corrected chi connectivity index (χ4v) is 8.22. The molecule has 4 aliphatic heterocycles. The summed E-state index contributed by atoms with van der Waals surface area (Å²) < 4.78 is 55.2. The van der Waals surface area contributed by atoms with Crippen LogP contribution in [0.15, 0.2) is 29.3 Å². The lowest BCUT2D eigenvalue weighted by Crippen LogP contribution is -2.39. The maximum Gasteiger partial charge on any atom is 0.366 e. The Bertz CT molecular complexity index is 1930. The number of aromatic nitrogens is 6. The highest BCUT2D eigenvalue weighted by atomic mass is 79.9.